The fraction of sp³-hybridized carbons (Fsp3) is 0.450. The van der Waals surface area contributed by atoms with Crippen molar-refractivity contribution < 1.29 is 17.9 Å². The Morgan fingerprint density at radius 3 is 2.54 bits per heavy atom. The number of esters is 1. The first-order valence-corrected chi connectivity index (χ1v) is 10.8. The van der Waals surface area contributed by atoms with Crippen LogP contribution in [0.1, 0.15) is 37.3 Å². The summed E-state index contributed by atoms with van der Waals surface area (Å²) >= 11 is 0. The van der Waals surface area contributed by atoms with Crippen LogP contribution in [0.3, 0.4) is 0 Å². The number of rotatable bonds is 6. The summed E-state index contributed by atoms with van der Waals surface area (Å²) in [5.74, 6) is -1.09. The van der Waals surface area contributed by atoms with E-state index >= 15 is 0 Å². The summed E-state index contributed by atoms with van der Waals surface area (Å²) in [5, 5.41) is 1.32. The molecule has 0 aliphatic heterocycles. The first-order valence-electron chi connectivity index (χ1n) is 9.24. The SMILES string of the molecule is COC(=O)C1CCCCC1S(=O)(=O)NC(CN)c1ccc2ccccc2c1.Cl. The van der Waals surface area contributed by atoms with Crippen LogP contribution in [0.5, 0.6) is 0 Å². The summed E-state index contributed by atoms with van der Waals surface area (Å²) in [7, 11) is -2.43. The molecule has 2 aromatic carbocycles. The van der Waals surface area contributed by atoms with Gasteiger partial charge in [-0.25, -0.2) is 13.1 Å². The third kappa shape index (κ3) is 4.84. The molecule has 0 saturated heterocycles. The highest BCUT2D eigenvalue weighted by Gasteiger charge is 2.41. The molecule has 0 spiro atoms. The minimum atomic E-state index is -3.73. The van der Waals surface area contributed by atoms with Gasteiger partial charge in [0.1, 0.15) is 0 Å². The van der Waals surface area contributed by atoms with Crippen molar-refractivity contribution in [1.82, 2.24) is 4.72 Å². The zero-order chi connectivity index (χ0) is 19.4. The standard InChI is InChI=1S/C20H26N2O4S.ClH/c1-26-20(23)17-8-4-5-9-19(17)27(24,25)22-18(13-21)16-11-10-14-6-2-3-7-15(14)12-16;/h2-3,6-7,10-12,17-19,22H,4-5,8-9,13,21H2,1H3;1H. The molecule has 3 atom stereocenters. The van der Waals surface area contributed by atoms with Crippen LogP contribution in [0.4, 0.5) is 0 Å². The Balaban J connectivity index is 0.00000280. The lowest BCUT2D eigenvalue weighted by Crippen LogP contribution is -2.46. The first kappa shape index (κ1) is 22.6. The number of nitrogens with one attached hydrogen (secondary N) is 1. The van der Waals surface area contributed by atoms with E-state index in [0.29, 0.717) is 12.8 Å². The molecule has 0 heterocycles. The Labute approximate surface area is 172 Å². The van der Waals surface area contributed by atoms with Crippen molar-refractivity contribution in [3.05, 3.63) is 48.0 Å². The van der Waals surface area contributed by atoms with Gasteiger partial charge in [0.25, 0.3) is 0 Å². The maximum absolute atomic E-state index is 13.0. The van der Waals surface area contributed by atoms with Gasteiger partial charge >= 0.3 is 5.97 Å². The highest BCUT2D eigenvalue weighted by atomic mass is 35.5. The van der Waals surface area contributed by atoms with Gasteiger partial charge in [-0.2, -0.15) is 0 Å². The summed E-state index contributed by atoms with van der Waals surface area (Å²) in [6.07, 6.45) is 2.59. The van der Waals surface area contributed by atoms with Crippen LogP contribution in [-0.4, -0.2) is 33.3 Å². The molecular weight excluding hydrogens is 400 g/mol. The largest absolute Gasteiger partial charge is 0.469 e. The lowest BCUT2D eigenvalue weighted by molar-refractivity contribution is -0.146. The molecule has 2 aromatic rings. The Morgan fingerprint density at radius 1 is 1.18 bits per heavy atom. The third-order valence-corrected chi connectivity index (χ3v) is 7.30. The molecule has 3 N–H and O–H groups in total. The van der Waals surface area contributed by atoms with Crippen molar-refractivity contribution >= 4 is 39.2 Å². The van der Waals surface area contributed by atoms with Crippen LogP contribution in [0.2, 0.25) is 0 Å². The van der Waals surface area contributed by atoms with Gasteiger partial charge in [0.05, 0.1) is 24.3 Å². The van der Waals surface area contributed by atoms with Gasteiger partial charge in [0, 0.05) is 6.54 Å². The van der Waals surface area contributed by atoms with Crippen LogP contribution >= 0.6 is 12.4 Å². The zero-order valence-electron chi connectivity index (χ0n) is 15.8. The van der Waals surface area contributed by atoms with E-state index < -0.39 is 33.2 Å². The number of benzene rings is 2. The lowest BCUT2D eigenvalue weighted by atomic mass is 9.89. The molecule has 1 fully saturated rings. The lowest BCUT2D eigenvalue weighted by Gasteiger charge is -2.30. The molecular formula is C20H27ClN2O4S. The number of hydrogen-bond donors (Lipinski definition) is 2. The van der Waals surface area contributed by atoms with Crippen molar-refractivity contribution in [2.75, 3.05) is 13.7 Å². The topological polar surface area (TPSA) is 98.5 Å². The Morgan fingerprint density at radius 2 is 1.86 bits per heavy atom. The van der Waals surface area contributed by atoms with E-state index in [4.69, 9.17) is 10.5 Å². The number of sulfonamides is 1. The van der Waals surface area contributed by atoms with Gasteiger partial charge < -0.3 is 10.5 Å². The normalized spacial score (nSPS) is 20.9. The van der Waals surface area contributed by atoms with Gasteiger partial charge in [-0.1, -0.05) is 49.2 Å². The molecule has 8 heteroatoms. The highest BCUT2D eigenvalue weighted by Crippen LogP contribution is 2.31. The average molecular weight is 427 g/mol. The number of carbonyl (C=O) groups excluding carboxylic acids is 1. The summed E-state index contributed by atoms with van der Waals surface area (Å²) in [6, 6.07) is 13.1. The molecule has 3 rings (SSSR count). The van der Waals surface area contributed by atoms with Crippen molar-refractivity contribution in [3.63, 3.8) is 0 Å². The molecule has 0 amide bonds. The second-order valence-corrected chi connectivity index (χ2v) is 8.94. The summed E-state index contributed by atoms with van der Waals surface area (Å²) in [6.45, 7) is 0.132. The molecule has 1 saturated carbocycles. The summed E-state index contributed by atoms with van der Waals surface area (Å²) in [5.41, 5.74) is 6.70. The predicted octanol–water partition coefficient (Wildman–Crippen LogP) is 2.91. The summed E-state index contributed by atoms with van der Waals surface area (Å²) < 4.78 is 33.7. The fourth-order valence-corrected chi connectivity index (χ4v) is 5.81. The van der Waals surface area contributed by atoms with Gasteiger partial charge in [0.2, 0.25) is 10.0 Å². The predicted molar refractivity (Wildman–Crippen MR) is 113 cm³/mol. The first-order chi connectivity index (χ1) is 13.0. The van der Waals surface area contributed by atoms with Crippen LogP contribution in [0.15, 0.2) is 42.5 Å². The van der Waals surface area contributed by atoms with Gasteiger partial charge in [-0.15, -0.1) is 12.4 Å². The van der Waals surface area contributed by atoms with Crippen molar-refractivity contribution in [2.24, 2.45) is 11.7 Å². The molecule has 154 valence electrons. The molecule has 3 unspecified atom stereocenters. The second kappa shape index (κ2) is 9.69. The zero-order valence-corrected chi connectivity index (χ0v) is 17.5. The smallest absolute Gasteiger partial charge is 0.310 e. The molecule has 0 aromatic heterocycles. The van der Waals surface area contributed by atoms with Crippen molar-refractivity contribution in [2.45, 2.75) is 37.0 Å². The summed E-state index contributed by atoms with van der Waals surface area (Å²) in [4.78, 5) is 12.1. The number of hydrogen-bond acceptors (Lipinski definition) is 5. The Hall–Kier alpha value is -1.67. The molecule has 1 aliphatic rings. The molecule has 6 nitrogen and oxygen atoms in total. The van der Waals surface area contributed by atoms with Crippen molar-refractivity contribution in [1.29, 1.82) is 0 Å². The average Bonchev–Trinajstić information content (AvgIpc) is 2.71. The molecule has 28 heavy (non-hydrogen) atoms. The van der Waals surface area contributed by atoms with Crippen molar-refractivity contribution in [3.8, 4) is 0 Å². The maximum atomic E-state index is 13.0. The minimum Gasteiger partial charge on any atom is -0.469 e. The van der Waals surface area contributed by atoms with Crippen LogP contribution < -0.4 is 10.5 Å². The number of methoxy groups -OCH3 is 1. The van der Waals surface area contributed by atoms with E-state index in [1.165, 1.54) is 7.11 Å². The molecule has 0 radical (unpaired) electrons. The number of halogens is 1. The van der Waals surface area contributed by atoms with E-state index in [1.807, 2.05) is 42.5 Å². The Kier molecular flexibility index (Phi) is 7.83. The molecule has 0 bridgehead atoms. The number of carbonyl (C=O) groups is 1. The quantitative estimate of drug-likeness (QED) is 0.692. The van der Waals surface area contributed by atoms with Crippen LogP contribution in [0, 0.1) is 5.92 Å². The van der Waals surface area contributed by atoms with Gasteiger partial charge in [-0.05, 0) is 35.2 Å². The number of nitrogens with two attached hydrogens (primary N) is 1. The number of ether oxygens (including phenoxy) is 1. The fourth-order valence-electron chi connectivity index (χ4n) is 3.85. The third-order valence-electron chi connectivity index (χ3n) is 5.32. The minimum absolute atomic E-state index is 0. The van der Waals surface area contributed by atoms with Crippen LogP contribution in [0.25, 0.3) is 10.8 Å². The van der Waals surface area contributed by atoms with E-state index in [2.05, 4.69) is 4.72 Å². The highest BCUT2D eigenvalue weighted by molar-refractivity contribution is 7.90. The maximum Gasteiger partial charge on any atom is 0.310 e. The van der Waals surface area contributed by atoms with E-state index in [0.717, 1.165) is 29.2 Å². The Bertz CT molecular complexity index is 919. The van der Waals surface area contributed by atoms with Gasteiger partial charge in [0.15, 0.2) is 0 Å². The van der Waals surface area contributed by atoms with Gasteiger partial charge in [-0.3, -0.25) is 4.79 Å². The molecule has 1 aliphatic carbocycles. The number of fused-ring (bicyclic) bond motifs is 1. The van der Waals surface area contributed by atoms with E-state index in [-0.39, 0.29) is 19.0 Å². The van der Waals surface area contributed by atoms with E-state index in [9.17, 15) is 13.2 Å². The van der Waals surface area contributed by atoms with E-state index in [1.54, 1.807) is 0 Å². The second-order valence-electron chi connectivity index (χ2n) is 7.01. The monoisotopic (exact) mass is 426 g/mol. The van der Waals surface area contributed by atoms with Crippen LogP contribution in [-0.2, 0) is 19.6 Å².